The molecule has 2 aromatic rings. The summed E-state index contributed by atoms with van der Waals surface area (Å²) in [5, 5.41) is 13.6. The summed E-state index contributed by atoms with van der Waals surface area (Å²) in [5.41, 5.74) is 0.589. The Morgan fingerprint density at radius 3 is 2.63 bits per heavy atom. The van der Waals surface area contributed by atoms with Gasteiger partial charge in [0.15, 0.2) is 0 Å². The maximum absolute atomic E-state index is 12.9. The molecule has 8 heteroatoms. The second-order valence-corrected chi connectivity index (χ2v) is 8.82. The van der Waals surface area contributed by atoms with Gasteiger partial charge in [0.2, 0.25) is 5.95 Å². The summed E-state index contributed by atoms with van der Waals surface area (Å²) in [7, 11) is 4.21. The Morgan fingerprint density at radius 2 is 1.97 bits per heavy atom. The first-order chi connectivity index (χ1) is 14.5. The number of piperidine rings is 1. The fourth-order valence-electron chi connectivity index (χ4n) is 4.60. The van der Waals surface area contributed by atoms with Gasteiger partial charge in [-0.25, -0.2) is 4.98 Å². The van der Waals surface area contributed by atoms with Crippen LogP contribution in [-0.4, -0.2) is 70.7 Å². The number of nitrogens with zero attached hydrogens (tertiary/aromatic N) is 6. The Bertz CT molecular complexity index is 979. The zero-order valence-electron chi connectivity index (χ0n) is 18.0. The Labute approximate surface area is 177 Å². The van der Waals surface area contributed by atoms with Crippen LogP contribution < -0.4 is 10.9 Å². The lowest BCUT2D eigenvalue weighted by Crippen LogP contribution is -2.42. The second kappa shape index (κ2) is 9.11. The van der Waals surface area contributed by atoms with Crippen molar-refractivity contribution in [2.45, 2.75) is 50.6 Å². The minimum Gasteiger partial charge on any atom is -0.351 e. The van der Waals surface area contributed by atoms with E-state index in [0.29, 0.717) is 17.6 Å². The van der Waals surface area contributed by atoms with Crippen molar-refractivity contribution in [1.82, 2.24) is 24.3 Å². The highest BCUT2D eigenvalue weighted by Gasteiger charge is 2.24. The fraction of sp³-hybridized carbons (Fsp3) is 0.636. The van der Waals surface area contributed by atoms with Gasteiger partial charge >= 0.3 is 0 Å². The first kappa shape index (κ1) is 20.8. The van der Waals surface area contributed by atoms with Gasteiger partial charge in [0.05, 0.1) is 0 Å². The number of nitrogens with one attached hydrogen (secondary N) is 1. The lowest BCUT2D eigenvalue weighted by atomic mass is 10.1. The molecule has 1 saturated carbocycles. The highest BCUT2D eigenvalue weighted by molar-refractivity contribution is 5.77. The molecule has 1 saturated heterocycles. The van der Waals surface area contributed by atoms with Crippen molar-refractivity contribution in [1.29, 1.82) is 5.26 Å². The van der Waals surface area contributed by atoms with E-state index in [1.165, 1.54) is 0 Å². The van der Waals surface area contributed by atoms with Crippen LogP contribution in [0.2, 0.25) is 0 Å². The van der Waals surface area contributed by atoms with Crippen LogP contribution in [-0.2, 0) is 0 Å². The number of aromatic nitrogens is 3. The molecule has 2 aromatic heterocycles. The molecule has 3 heterocycles. The summed E-state index contributed by atoms with van der Waals surface area (Å²) in [6.07, 6.45) is 7.98. The third kappa shape index (κ3) is 4.47. The molecule has 1 aliphatic heterocycles. The van der Waals surface area contributed by atoms with Gasteiger partial charge < -0.3 is 15.1 Å². The van der Waals surface area contributed by atoms with Crippen LogP contribution in [0.15, 0.2) is 17.1 Å². The number of rotatable bonds is 6. The topological polar surface area (TPSA) is 90.1 Å². The Morgan fingerprint density at radius 1 is 1.23 bits per heavy atom. The van der Waals surface area contributed by atoms with Crippen LogP contribution in [0.1, 0.15) is 50.1 Å². The van der Waals surface area contributed by atoms with E-state index >= 15 is 0 Å². The van der Waals surface area contributed by atoms with Gasteiger partial charge in [-0.15, -0.1) is 0 Å². The number of likely N-dealkylation sites (tertiary alicyclic amines) is 1. The lowest BCUT2D eigenvalue weighted by molar-refractivity contribution is 0.199. The summed E-state index contributed by atoms with van der Waals surface area (Å²) in [6, 6.07) is 4.12. The van der Waals surface area contributed by atoms with Crippen molar-refractivity contribution >= 4 is 17.0 Å². The zero-order chi connectivity index (χ0) is 21.1. The maximum Gasteiger partial charge on any atom is 0.270 e. The summed E-state index contributed by atoms with van der Waals surface area (Å²) in [4.78, 5) is 26.8. The molecule has 160 valence electrons. The molecule has 0 bridgehead atoms. The predicted octanol–water partition coefficient (Wildman–Crippen LogP) is 2.22. The van der Waals surface area contributed by atoms with E-state index in [0.717, 1.165) is 70.1 Å². The summed E-state index contributed by atoms with van der Waals surface area (Å²) < 4.78 is 1.75. The van der Waals surface area contributed by atoms with Gasteiger partial charge in [-0.1, -0.05) is 12.8 Å². The van der Waals surface area contributed by atoms with E-state index in [1.54, 1.807) is 16.8 Å². The normalized spacial score (nSPS) is 18.9. The van der Waals surface area contributed by atoms with Crippen LogP contribution >= 0.6 is 0 Å². The average molecular weight is 410 g/mol. The quantitative estimate of drug-likeness (QED) is 0.782. The predicted molar refractivity (Wildman–Crippen MR) is 118 cm³/mol. The molecule has 2 fully saturated rings. The van der Waals surface area contributed by atoms with E-state index in [9.17, 15) is 10.1 Å². The molecule has 2 aliphatic rings. The van der Waals surface area contributed by atoms with Crippen molar-refractivity contribution in [2.75, 3.05) is 45.6 Å². The van der Waals surface area contributed by atoms with Gasteiger partial charge in [0.1, 0.15) is 17.3 Å². The molecular formula is C22H31N7O. The molecule has 1 N–H and O–H groups in total. The van der Waals surface area contributed by atoms with E-state index in [-0.39, 0.29) is 17.2 Å². The molecular weight excluding hydrogens is 378 g/mol. The minimum absolute atomic E-state index is 0.121. The highest BCUT2D eigenvalue weighted by atomic mass is 16.1. The van der Waals surface area contributed by atoms with E-state index in [1.807, 2.05) is 6.07 Å². The van der Waals surface area contributed by atoms with Crippen molar-refractivity contribution < 1.29 is 0 Å². The highest BCUT2D eigenvalue weighted by Crippen LogP contribution is 2.30. The minimum atomic E-state index is -0.226. The van der Waals surface area contributed by atoms with Crippen LogP contribution in [0.5, 0.6) is 0 Å². The Balaban J connectivity index is 1.53. The summed E-state index contributed by atoms with van der Waals surface area (Å²) in [6.45, 7) is 4.31. The molecule has 1 aliphatic carbocycles. The lowest BCUT2D eigenvalue weighted by Gasteiger charge is -2.33. The first-order valence-electron chi connectivity index (χ1n) is 11.0. The maximum atomic E-state index is 12.9. The molecule has 0 spiro atoms. The molecule has 4 rings (SSSR count). The van der Waals surface area contributed by atoms with Gasteiger partial charge in [-0.05, 0) is 45.8 Å². The van der Waals surface area contributed by atoms with Gasteiger partial charge in [0.25, 0.3) is 5.56 Å². The largest absolute Gasteiger partial charge is 0.351 e. The van der Waals surface area contributed by atoms with Gasteiger partial charge in [-0.3, -0.25) is 9.36 Å². The van der Waals surface area contributed by atoms with E-state index in [4.69, 9.17) is 4.98 Å². The number of hydrogen-bond acceptors (Lipinski definition) is 7. The van der Waals surface area contributed by atoms with Crippen molar-refractivity contribution in [3.05, 3.63) is 28.2 Å². The van der Waals surface area contributed by atoms with Crippen molar-refractivity contribution in [3.63, 3.8) is 0 Å². The second-order valence-electron chi connectivity index (χ2n) is 8.82. The van der Waals surface area contributed by atoms with Crippen LogP contribution in [0.4, 0.5) is 5.95 Å². The molecule has 8 nitrogen and oxygen atoms in total. The van der Waals surface area contributed by atoms with Crippen LogP contribution in [0.3, 0.4) is 0 Å². The summed E-state index contributed by atoms with van der Waals surface area (Å²) in [5.74, 6) is 0.574. The third-order valence-corrected chi connectivity index (χ3v) is 6.37. The number of anilines is 1. The SMILES string of the molecule is CN(C)CCN1CCC(Nc2ncc3cc(C#N)c(=O)n(C4CCCC4)c3n2)CC1. The van der Waals surface area contributed by atoms with Crippen molar-refractivity contribution in [3.8, 4) is 6.07 Å². The van der Waals surface area contributed by atoms with E-state index < -0.39 is 0 Å². The van der Waals surface area contributed by atoms with Gasteiger partial charge in [-0.2, -0.15) is 10.2 Å². The van der Waals surface area contributed by atoms with E-state index in [2.05, 4.69) is 34.2 Å². The zero-order valence-corrected chi connectivity index (χ0v) is 18.0. The number of fused-ring (bicyclic) bond motifs is 1. The Hall–Kier alpha value is -2.50. The number of nitriles is 1. The molecule has 0 unspecified atom stereocenters. The number of hydrogen-bond donors (Lipinski definition) is 1. The van der Waals surface area contributed by atoms with Crippen LogP contribution in [0, 0.1) is 11.3 Å². The Kier molecular flexibility index (Phi) is 6.30. The molecule has 0 atom stereocenters. The molecule has 0 amide bonds. The molecule has 30 heavy (non-hydrogen) atoms. The standard InChI is InChI=1S/C22H31N7O/c1-27(2)11-12-28-9-7-18(8-10-28)25-22-24-15-17-13-16(14-23)21(30)29(20(17)26-22)19-5-3-4-6-19/h13,15,18-19H,3-12H2,1-2H3,(H,24,25,26). The number of pyridine rings is 1. The first-order valence-corrected chi connectivity index (χ1v) is 11.0. The molecule has 0 radical (unpaired) electrons. The summed E-state index contributed by atoms with van der Waals surface area (Å²) >= 11 is 0. The van der Waals surface area contributed by atoms with Crippen LogP contribution in [0.25, 0.3) is 11.0 Å². The fourth-order valence-corrected chi connectivity index (χ4v) is 4.60. The van der Waals surface area contributed by atoms with Gasteiger partial charge in [0, 0.05) is 49.8 Å². The third-order valence-electron chi connectivity index (χ3n) is 6.37. The smallest absolute Gasteiger partial charge is 0.270 e. The molecule has 0 aromatic carbocycles. The average Bonchev–Trinajstić information content (AvgIpc) is 3.27. The number of likely N-dealkylation sites (N-methyl/N-ethyl adjacent to an activating group) is 1. The van der Waals surface area contributed by atoms with Crippen molar-refractivity contribution in [2.24, 2.45) is 0 Å². The monoisotopic (exact) mass is 409 g/mol.